The molecule has 6 aliphatic carbocycles. The summed E-state index contributed by atoms with van der Waals surface area (Å²) in [5.41, 5.74) is 7.65. The molecule has 0 aromatic carbocycles. The SMILES string of the molecule is C.CC(=O)NC12CC(C)(C1)C2.CC12CC(N)(C1)C2.Cl. The summed E-state index contributed by atoms with van der Waals surface area (Å²) in [4.78, 5) is 10.7. The van der Waals surface area contributed by atoms with Crippen molar-refractivity contribution in [2.75, 3.05) is 0 Å². The number of hydrogen-bond donors (Lipinski definition) is 2. The summed E-state index contributed by atoms with van der Waals surface area (Å²) in [7, 11) is 0. The Morgan fingerprint density at radius 3 is 1.53 bits per heavy atom. The van der Waals surface area contributed by atoms with E-state index in [-0.39, 0.29) is 31.3 Å². The van der Waals surface area contributed by atoms with Crippen LogP contribution in [0.4, 0.5) is 0 Å². The minimum Gasteiger partial charge on any atom is -0.351 e. The van der Waals surface area contributed by atoms with E-state index < -0.39 is 0 Å². The summed E-state index contributed by atoms with van der Waals surface area (Å²) in [5, 5.41) is 3.01. The van der Waals surface area contributed by atoms with E-state index in [2.05, 4.69) is 19.2 Å². The van der Waals surface area contributed by atoms with Gasteiger partial charge in [-0.3, -0.25) is 4.79 Å². The molecule has 3 nitrogen and oxygen atoms in total. The molecule has 6 fully saturated rings. The molecule has 6 saturated carbocycles. The number of carbonyl (C=O) groups is 1. The number of nitrogens with two attached hydrogens (primary N) is 1. The highest BCUT2D eigenvalue weighted by atomic mass is 35.5. The van der Waals surface area contributed by atoms with Gasteiger partial charge in [0.25, 0.3) is 0 Å². The van der Waals surface area contributed by atoms with Gasteiger partial charge in [0.05, 0.1) is 0 Å². The summed E-state index contributed by atoms with van der Waals surface area (Å²) in [6.07, 6.45) is 7.50. The predicted molar refractivity (Wildman–Crippen MR) is 81.4 cm³/mol. The standard InChI is InChI=1S/C8H13NO.C6H11N.CH4.ClH/c1-6(10)9-8-3-7(2,4-8)5-8;1-5-2-6(7,3-5)4-5;;/h3-5H2,1-2H3,(H,9,10);2-4,7H2,1H3;1H4;1H. The zero-order valence-electron chi connectivity index (χ0n) is 11.6. The van der Waals surface area contributed by atoms with Crippen LogP contribution in [-0.2, 0) is 4.79 Å². The molecule has 0 aromatic rings. The second kappa shape index (κ2) is 4.36. The molecular weight excluding hydrogens is 260 g/mol. The van der Waals surface area contributed by atoms with Crippen LogP contribution >= 0.6 is 12.4 Å². The first-order valence-corrected chi connectivity index (χ1v) is 6.74. The molecule has 112 valence electrons. The fourth-order valence-electron chi connectivity index (χ4n) is 5.20. The van der Waals surface area contributed by atoms with Crippen LogP contribution in [0.5, 0.6) is 0 Å². The molecule has 0 unspecified atom stereocenters. The van der Waals surface area contributed by atoms with Crippen molar-refractivity contribution in [2.45, 2.75) is 77.8 Å². The normalized spacial score (nSPS) is 50.1. The number of nitrogens with one attached hydrogen (secondary N) is 1. The van der Waals surface area contributed by atoms with Crippen LogP contribution in [0.2, 0.25) is 0 Å². The number of halogens is 1. The van der Waals surface area contributed by atoms with E-state index in [1.54, 1.807) is 6.92 Å². The van der Waals surface area contributed by atoms with Crippen molar-refractivity contribution < 1.29 is 4.79 Å². The van der Waals surface area contributed by atoms with E-state index in [0.717, 1.165) is 0 Å². The van der Waals surface area contributed by atoms with Crippen molar-refractivity contribution in [1.29, 1.82) is 0 Å². The summed E-state index contributed by atoms with van der Waals surface area (Å²) in [5.74, 6) is 0.127. The van der Waals surface area contributed by atoms with Crippen molar-refractivity contribution in [3.05, 3.63) is 0 Å². The molecule has 0 heterocycles. The van der Waals surface area contributed by atoms with E-state index in [9.17, 15) is 4.79 Å². The molecule has 0 atom stereocenters. The Morgan fingerprint density at radius 1 is 1.00 bits per heavy atom. The van der Waals surface area contributed by atoms with E-state index in [1.807, 2.05) is 0 Å². The Morgan fingerprint density at radius 2 is 1.37 bits per heavy atom. The zero-order chi connectivity index (χ0) is 12.5. The lowest BCUT2D eigenvalue weighted by molar-refractivity contribution is -0.155. The summed E-state index contributed by atoms with van der Waals surface area (Å²) in [6.45, 7) is 6.21. The number of amides is 1. The Bertz CT molecular complexity index is 342. The maximum Gasteiger partial charge on any atom is 0.217 e. The van der Waals surface area contributed by atoms with Gasteiger partial charge in [0.1, 0.15) is 0 Å². The van der Waals surface area contributed by atoms with Gasteiger partial charge >= 0.3 is 0 Å². The highest BCUT2D eigenvalue weighted by molar-refractivity contribution is 5.85. The second-order valence-electron chi connectivity index (χ2n) is 8.01. The monoisotopic (exact) mass is 288 g/mol. The van der Waals surface area contributed by atoms with Gasteiger partial charge in [-0.05, 0) is 49.4 Å². The molecule has 4 bridgehead atoms. The van der Waals surface area contributed by atoms with Crippen LogP contribution in [0, 0.1) is 10.8 Å². The third-order valence-electron chi connectivity index (χ3n) is 5.07. The lowest BCUT2D eigenvalue weighted by atomic mass is 9.40. The topological polar surface area (TPSA) is 55.1 Å². The first-order chi connectivity index (χ1) is 7.66. The van der Waals surface area contributed by atoms with Crippen LogP contribution in [0.25, 0.3) is 0 Å². The summed E-state index contributed by atoms with van der Waals surface area (Å²) < 4.78 is 0. The van der Waals surface area contributed by atoms with Gasteiger partial charge in [0.15, 0.2) is 0 Å². The molecule has 0 radical (unpaired) electrons. The van der Waals surface area contributed by atoms with Crippen molar-refractivity contribution >= 4 is 18.3 Å². The van der Waals surface area contributed by atoms with Gasteiger partial charge in [0, 0.05) is 18.0 Å². The van der Waals surface area contributed by atoms with E-state index in [1.165, 1.54) is 38.5 Å². The Balaban J connectivity index is 0.000000179. The molecule has 0 aromatic heterocycles. The summed E-state index contributed by atoms with van der Waals surface area (Å²) in [6, 6.07) is 0. The first-order valence-electron chi connectivity index (χ1n) is 6.74. The highest BCUT2D eigenvalue weighted by Gasteiger charge is 2.65. The largest absolute Gasteiger partial charge is 0.351 e. The molecule has 0 aliphatic heterocycles. The number of rotatable bonds is 1. The lowest BCUT2D eigenvalue weighted by Crippen LogP contribution is -2.73. The van der Waals surface area contributed by atoms with Gasteiger partial charge in [0.2, 0.25) is 5.91 Å². The quantitative estimate of drug-likeness (QED) is 0.779. The van der Waals surface area contributed by atoms with Crippen molar-refractivity contribution in [2.24, 2.45) is 16.6 Å². The molecule has 6 aliphatic rings. The third-order valence-corrected chi connectivity index (χ3v) is 5.07. The molecule has 6 rings (SSSR count). The van der Waals surface area contributed by atoms with Crippen molar-refractivity contribution in [1.82, 2.24) is 5.32 Å². The maximum atomic E-state index is 10.7. The minimum atomic E-state index is 0. The molecule has 0 saturated heterocycles. The Labute approximate surface area is 123 Å². The second-order valence-corrected chi connectivity index (χ2v) is 8.01. The van der Waals surface area contributed by atoms with Crippen molar-refractivity contribution in [3.8, 4) is 0 Å². The van der Waals surface area contributed by atoms with Crippen LogP contribution in [0.3, 0.4) is 0 Å². The van der Waals surface area contributed by atoms with Crippen LogP contribution in [-0.4, -0.2) is 17.0 Å². The Kier molecular flexibility index (Phi) is 3.85. The molecule has 1 amide bonds. The van der Waals surface area contributed by atoms with Gasteiger partial charge in [-0.15, -0.1) is 12.4 Å². The smallest absolute Gasteiger partial charge is 0.217 e. The molecule has 0 spiro atoms. The fourth-order valence-corrected chi connectivity index (χ4v) is 5.20. The van der Waals surface area contributed by atoms with Crippen molar-refractivity contribution in [3.63, 3.8) is 0 Å². The van der Waals surface area contributed by atoms with Gasteiger partial charge < -0.3 is 11.1 Å². The van der Waals surface area contributed by atoms with E-state index in [4.69, 9.17) is 5.73 Å². The zero-order valence-corrected chi connectivity index (χ0v) is 12.5. The maximum absolute atomic E-state index is 10.7. The van der Waals surface area contributed by atoms with Gasteiger partial charge in [-0.1, -0.05) is 21.3 Å². The van der Waals surface area contributed by atoms with E-state index >= 15 is 0 Å². The minimum absolute atomic E-state index is 0. The Hall–Kier alpha value is -0.280. The van der Waals surface area contributed by atoms with Crippen LogP contribution in [0.1, 0.15) is 66.7 Å². The van der Waals surface area contributed by atoms with Gasteiger partial charge in [-0.2, -0.15) is 0 Å². The summed E-state index contributed by atoms with van der Waals surface area (Å²) >= 11 is 0. The van der Waals surface area contributed by atoms with Gasteiger partial charge in [-0.25, -0.2) is 0 Å². The average Bonchev–Trinajstić information content (AvgIpc) is 1.95. The number of carbonyl (C=O) groups excluding carboxylic acids is 1. The molecular formula is C15H29ClN2O. The third kappa shape index (κ3) is 2.64. The first kappa shape index (κ1) is 16.8. The van der Waals surface area contributed by atoms with Crippen LogP contribution in [0.15, 0.2) is 0 Å². The molecule has 3 N–H and O–H groups in total. The average molecular weight is 289 g/mol. The molecule has 19 heavy (non-hydrogen) atoms. The van der Waals surface area contributed by atoms with E-state index in [0.29, 0.717) is 16.4 Å². The fraction of sp³-hybridized carbons (Fsp3) is 0.933. The van der Waals surface area contributed by atoms with Crippen LogP contribution < -0.4 is 11.1 Å². The lowest BCUT2D eigenvalue weighted by Gasteiger charge is -2.69. The highest BCUT2D eigenvalue weighted by Crippen LogP contribution is 2.66. The number of hydrogen-bond acceptors (Lipinski definition) is 2. The molecule has 4 heteroatoms. The predicted octanol–water partition coefficient (Wildman–Crippen LogP) is 3.01.